The normalized spacial score (nSPS) is 11.2. The van der Waals surface area contributed by atoms with Gasteiger partial charge in [-0.15, -0.1) is 4.68 Å². The third-order valence-electron chi connectivity index (χ3n) is 3.57. The first-order valence-corrected chi connectivity index (χ1v) is 7.17. The Hall–Kier alpha value is -2.14. The second kappa shape index (κ2) is 5.33. The highest BCUT2D eigenvalue weighted by atomic mass is 35.5. The molecule has 2 aromatic heterocycles. The topological polar surface area (TPSA) is 57.1 Å². The Morgan fingerprint density at radius 3 is 2.81 bits per heavy atom. The molecule has 0 amide bonds. The van der Waals surface area contributed by atoms with Crippen LogP contribution in [-0.2, 0) is 13.0 Å². The van der Waals surface area contributed by atoms with Crippen LogP contribution in [0.3, 0.4) is 0 Å². The number of fused-ring (bicyclic) bond motifs is 1. The second-order valence-corrected chi connectivity index (χ2v) is 5.30. The summed E-state index contributed by atoms with van der Waals surface area (Å²) in [6.45, 7) is 4.24. The van der Waals surface area contributed by atoms with Crippen molar-refractivity contribution in [1.82, 2.24) is 14.7 Å². The van der Waals surface area contributed by atoms with Crippen molar-refractivity contribution in [3.05, 3.63) is 52.4 Å². The summed E-state index contributed by atoms with van der Waals surface area (Å²) in [7, 11) is 0. The van der Waals surface area contributed by atoms with E-state index in [1.54, 1.807) is 11.0 Å². The minimum Gasteiger partial charge on any atom is -0.867 e. The molecule has 21 heavy (non-hydrogen) atoms. The summed E-state index contributed by atoms with van der Waals surface area (Å²) < 4.78 is 3.18. The summed E-state index contributed by atoms with van der Waals surface area (Å²) in [6.07, 6.45) is 2.21. The van der Waals surface area contributed by atoms with Gasteiger partial charge in [0, 0.05) is 10.6 Å². The minimum atomic E-state index is -0.0189. The molecule has 0 saturated heterocycles. The van der Waals surface area contributed by atoms with Gasteiger partial charge in [0.05, 0.1) is 5.69 Å². The van der Waals surface area contributed by atoms with Crippen molar-refractivity contribution in [3.8, 4) is 5.75 Å². The second-order valence-electron chi connectivity index (χ2n) is 4.89. The largest absolute Gasteiger partial charge is 0.867 e. The average molecular weight is 303 g/mol. The van der Waals surface area contributed by atoms with Crippen LogP contribution in [0.1, 0.15) is 23.7 Å². The summed E-state index contributed by atoms with van der Waals surface area (Å²) in [5, 5.41) is 21.9. The molecule has 108 valence electrons. The van der Waals surface area contributed by atoms with E-state index < -0.39 is 0 Å². The molecule has 0 radical (unpaired) electrons. The van der Waals surface area contributed by atoms with Gasteiger partial charge in [-0.25, -0.2) is 0 Å². The SMILES string of the molecule is CCc1c(C)nn2cn[n+](Cc3ccccc3Cl)c2c1[O-]. The van der Waals surface area contributed by atoms with Crippen LogP contribution in [0.25, 0.3) is 5.65 Å². The molecule has 0 aliphatic carbocycles. The molecule has 0 fully saturated rings. The standard InChI is InChI=1S/C15H15ClN4O/c1-3-12-10(2)18-20-9-17-19(15(20)14(12)21)8-11-6-4-5-7-13(11)16/h4-7,9H,3,8H2,1-2H3. The zero-order chi connectivity index (χ0) is 15.0. The van der Waals surface area contributed by atoms with Gasteiger partial charge < -0.3 is 5.11 Å². The third-order valence-corrected chi connectivity index (χ3v) is 3.93. The van der Waals surface area contributed by atoms with Crippen molar-refractivity contribution in [3.63, 3.8) is 0 Å². The van der Waals surface area contributed by atoms with E-state index in [1.165, 1.54) is 4.52 Å². The van der Waals surface area contributed by atoms with Crippen LogP contribution in [0.15, 0.2) is 30.6 Å². The highest BCUT2D eigenvalue weighted by Gasteiger charge is 2.18. The van der Waals surface area contributed by atoms with E-state index in [1.807, 2.05) is 38.1 Å². The monoisotopic (exact) mass is 302 g/mol. The summed E-state index contributed by atoms with van der Waals surface area (Å²) in [6, 6.07) is 7.54. The highest BCUT2D eigenvalue weighted by molar-refractivity contribution is 6.31. The smallest absolute Gasteiger partial charge is 0.321 e. The van der Waals surface area contributed by atoms with Gasteiger partial charge in [-0.1, -0.05) is 46.3 Å². The van der Waals surface area contributed by atoms with Gasteiger partial charge in [-0.05, 0) is 35.8 Å². The van der Waals surface area contributed by atoms with Crippen LogP contribution < -0.4 is 9.79 Å². The summed E-state index contributed by atoms with van der Waals surface area (Å²) in [5.41, 5.74) is 2.87. The highest BCUT2D eigenvalue weighted by Crippen LogP contribution is 2.21. The van der Waals surface area contributed by atoms with Crippen LogP contribution >= 0.6 is 11.6 Å². The van der Waals surface area contributed by atoms with Gasteiger partial charge in [0.2, 0.25) is 0 Å². The molecule has 5 nitrogen and oxygen atoms in total. The number of aryl methyl sites for hydroxylation is 1. The zero-order valence-electron chi connectivity index (χ0n) is 11.9. The lowest BCUT2D eigenvalue weighted by atomic mass is 10.1. The molecule has 2 heterocycles. The fraction of sp³-hybridized carbons (Fsp3) is 0.267. The minimum absolute atomic E-state index is 0.0189. The molecular weight excluding hydrogens is 288 g/mol. The molecule has 0 atom stereocenters. The van der Waals surface area contributed by atoms with Crippen LogP contribution in [0, 0.1) is 6.92 Å². The maximum atomic E-state index is 12.6. The Morgan fingerprint density at radius 2 is 2.10 bits per heavy atom. The fourth-order valence-corrected chi connectivity index (χ4v) is 2.67. The van der Waals surface area contributed by atoms with E-state index in [0.29, 0.717) is 23.6 Å². The lowest BCUT2D eigenvalue weighted by molar-refractivity contribution is -0.721. The number of nitrogens with zero attached hydrogens (tertiary/aromatic N) is 4. The molecular formula is C15H15ClN4O. The van der Waals surface area contributed by atoms with E-state index in [4.69, 9.17) is 11.6 Å². The van der Waals surface area contributed by atoms with Gasteiger partial charge in [-0.2, -0.15) is 0 Å². The lowest BCUT2D eigenvalue weighted by Gasteiger charge is -2.12. The molecule has 0 unspecified atom stereocenters. The molecule has 0 saturated carbocycles. The summed E-state index contributed by atoms with van der Waals surface area (Å²) >= 11 is 6.17. The van der Waals surface area contributed by atoms with Gasteiger partial charge in [0.1, 0.15) is 6.54 Å². The Bertz CT molecular complexity index is 813. The van der Waals surface area contributed by atoms with Gasteiger partial charge >= 0.3 is 5.65 Å². The molecule has 0 spiro atoms. The average Bonchev–Trinajstić information content (AvgIpc) is 2.85. The van der Waals surface area contributed by atoms with E-state index in [-0.39, 0.29) is 5.75 Å². The van der Waals surface area contributed by atoms with Crippen molar-refractivity contribution in [2.24, 2.45) is 0 Å². The van der Waals surface area contributed by atoms with Gasteiger partial charge in [0.25, 0.3) is 6.33 Å². The quantitative estimate of drug-likeness (QED) is 0.692. The van der Waals surface area contributed by atoms with Crippen molar-refractivity contribution >= 4 is 17.2 Å². The summed E-state index contributed by atoms with van der Waals surface area (Å²) in [4.78, 5) is 0. The van der Waals surface area contributed by atoms with E-state index >= 15 is 0 Å². The number of rotatable bonds is 3. The van der Waals surface area contributed by atoms with E-state index in [9.17, 15) is 5.11 Å². The maximum Gasteiger partial charge on any atom is 0.321 e. The van der Waals surface area contributed by atoms with Crippen molar-refractivity contribution in [2.75, 3.05) is 0 Å². The predicted molar refractivity (Wildman–Crippen MR) is 77.3 cm³/mol. The first-order valence-electron chi connectivity index (χ1n) is 6.79. The zero-order valence-corrected chi connectivity index (χ0v) is 12.6. The first kappa shape index (κ1) is 13.8. The number of hydrogen-bond acceptors (Lipinski definition) is 3. The molecule has 3 aromatic rings. The molecule has 3 rings (SSSR count). The Kier molecular flexibility index (Phi) is 3.51. The number of benzene rings is 1. The molecule has 0 N–H and O–H groups in total. The predicted octanol–water partition coefficient (Wildman–Crippen LogP) is 1.66. The third kappa shape index (κ3) is 2.34. The van der Waals surface area contributed by atoms with Crippen molar-refractivity contribution in [2.45, 2.75) is 26.8 Å². The number of hydrogen-bond donors (Lipinski definition) is 0. The first-order chi connectivity index (χ1) is 10.1. The fourth-order valence-electron chi connectivity index (χ4n) is 2.47. The van der Waals surface area contributed by atoms with Crippen LogP contribution in [0.5, 0.6) is 5.75 Å². The van der Waals surface area contributed by atoms with Crippen molar-refractivity contribution in [1.29, 1.82) is 0 Å². The maximum absolute atomic E-state index is 12.6. The molecule has 0 bridgehead atoms. The van der Waals surface area contributed by atoms with Crippen LogP contribution in [-0.4, -0.2) is 14.7 Å². The number of aromatic nitrogens is 4. The lowest BCUT2D eigenvalue weighted by Crippen LogP contribution is -2.38. The number of halogens is 1. The Balaban J connectivity index is 2.14. The van der Waals surface area contributed by atoms with E-state index in [2.05, 4.69) is 10.2 Å². The molecule has 1 aromatic carbocycles. The van der Waals surface area contributed by atoms with Crippen LogP contribution in [0.4, 0.5) is 0 Å². The molecule has 0 aliphatic rings. The molecule has 6 heteroatoms. The van der Waals surface area contributed by atoms with Gasteiger partial charge in [-0.3, -0.25) is 0 Å². The Labute approximate surface area is 127 Å². The van der Waals surface area contributed by atoms with Crippen molar-refractivity contribution < 1.29 is 9.79 Å². The van der Waals surface area contributed by atoms with E-state index in [0.717, 1.165) is 16.8 Å². The Morgan fingerprint density at radius 1 is 1.33 bits per heavy atom. The summed E-state index contributed by atoms with van der Waals surface area (Å²) in [5.74, 6) is -0.0189. The van der Waals surface area contributed by atoms with Gasteiger partial charge in [0.15, 0.2) is 0 Å². The molecule has 0 aliphatic heterocycles. The van der Waals surface area contributed by atoms with Crippen LogP contribution in [0.2, 0.25) is 5.02 Å².